The van der Waals surface area contributed by atoms with Crippen molar-refractivity contribution in [2.75, 3.05) is 7.05 Å². The van der Waals surface area contributed by atoms with Crippen molar-refractivity contribution in [2.24, 2.45) is 0 Å². The first-order valence-electron chi connectivity index (χ1n) is 5.68. The lowest BCUT2D eigenvalue weighted by Gasteiger charge is -2.17. The van der Waals surface area contributed by atoms with Crippen LogP contribution in [0.1, 0.15) is 16.1 Å². The molecule has 98 valence electrons. The zero-order valence-electron chi connectivity index (χ0n) is 10.3. The molecule has 0 spiro atoms. The quantitative estimate of drug-likeness (QED) is 0.853. The summed E-state index contributed by atoms with van der Waals surface area (Å²) in [6, 6.07) is 10.8. The van der Waals surface area contributed by atoms with E-state index in [9.17, 15) is 4.79 Å². The van der Waals surface area contributed by atoms with Gasteiger partial charge in [-0.1, -0.05) is 17.7 Å². The van der Waals surface area contributed by atoms with Crippen LogP contribution in [0, 0.1) is 0 Å². The molecular formula is C14H12BrClN2O. The number of nitrogens with zero attached hydrogens (tertiary/aromatic N) is 2. The van der Waals surface area contributed by atoms with Crippen molar-refractivity contribution in [3.8, 4) is 0 Å². The van der Waals surface area contributed by atoms with Crippen LogP contribution in [0.15, 0.2) is 47.1 Å². The Balaban J connectivity index is 2.12. The molecule has 19 heavy (non-hydrogen) atoms. The zero-order chi connectivity index (χ0) is 13.8. The molecule has 1 aromatic heterocycles. The molecule has 0 aliphatic rings. The summed E-state index contributed by atoms with van der Waals surface area (Å²) in [6.45, 7) is 0.466. The fourth-order valence-corrected chi connectivity index (χ4v) is 2.08. The van der Waals surface area contributed by atoms with Crippen molar-refractivity contribution < 1.29 is 4.79 Å². The van der Waals surface area contributed by atoms with Crippen molar-refractivity contribution >= 4 is 33.4 Å². The highest BCUT2D eigenvalue weighted by Crippen LogP contribution is 2.23. The molecule has 2 aromatic rings. The molecule has 2 rings (SSSR count). The van der Waals surface area contributed by atoms with E-state index >= 15 is 0 Å². The average Bonchev–Trinajstić information content (AvgIpc) is 2.42. The van der Waals surface area contributed by atoms with Crippen LogP contribution in [0.3, 0.4) is 0 Å². The molecule has 0 atom stereocenters. The fourth-order valence-electron chi connectivity index (χ4n) is 1.66. The van der Waals surface area contributed by atoms with E-state index in [4.69, 9.17) is 11.6 Å². The van der Waals surface area contributed by atoms with Crippen LogP contribution in [-0.2, 0) is 6.54 Å². The van der Waals surface area contributed by atoms with Crippen LogP contribution in [0.2, 0.25) is 5.02 Å². The highest BCUT2D eigenvalue weighted by Gasteiger charge is 2.13. The van der Waals surface area contributed by atoms with Gasteiger partial charge in [0.05, 0.1) is 17.3 Å². The molecule has 1 amide bonds. The standard InChI is InChI=1S/C14H12BrClN2O/c1-18(9-11-4-2-3-7-17-11)14(19)10-5-6-12(15)13(16)8-10/h2-8H,9H2,1H3. The maximum atomic E-state index is 12.2. The Morgan fingerprint density at radius 1 is 1.37 bits per heavy atom. The minimum absolute atomic E-state index is 0.0833. The first kappa shape index (κ1) is 14.0. The molecular weight excluding hydrogens is 328 g/mol. The second-order valence-electron chi connectivity index (χ2n) is 4.11. The number of rotatable bonds is 3. The Bertz CT molecular complexity index is 589. The predicted molar refractivity (Wildman–Crippen MR) is 79.2 cm³/mol. The van der Waals surface area contributed by atoms with E-state index in [2.05, 4.69) is 20.9 Å². The van der Waals surface area contributed by atoms with E-state index in [1.165, 1.54) is 0 Å². The molecule has 0 bridgehead atoms. The molecule has 1 aromatic carbocycles. The van der Waals surface area contributed by atoms with Gasteiger partial charge in [0.1, 0.15) is 0 Å². The summed E-state index contributed by atoms with van der Waals surface area (Å²) < 4.78 is 0.776. The molecule has 0 aliphatic carbocycles. The Morgan fingerprint density at radius 3 is 2.79 bits per heavy atom. The lowest BCUT2D eigenvalue weighted by Crippen LogP contribution is -2.26. The van der Waals surface area contributed by atoms with E-state index in [1.54, 1.807) is 36.3 Å². The summed E-state index contributed by atoms with van der Waals surface area (Å²) in [5, 5.41) is 0.525. The van der Waals surface area contributed by atoms with Crippen LogP contribution in [0.5, 0.6) is 0 Å². The van der Waals surface area contributed by atoms with Crippen molar-refractivity contribution in [3.63, 3.8) is 0 Å². The Morgan fingerprint density at radius 2 is 2.16 bits per heavy atom. The SMILES string of the molecule is CN(Cc1ccccn1)C(=O)c1ccc(Br)c(Cl)c1. The number of hydrogen-bond acceptors (Lipinski definition) is 2. The van der Waals surface area contributed by atoms with Crippen LogP contribution in [0.4, 0.5) is 0 Å². The first-order chi connectivity index (χ1) is 9.08. The summed E-state index contributed by atoms with van der Waals surface area (Å²) in [4.78, 5) is 18.0. The van der Waals surface area contributed by atoms with Crippen molar-refractivity contribution in [1.29, 1.82) is 0 Å². The molecule has 0 saturated heterocycles. The van der Waals surface area contributed by atoms with Gasteiger partial charge in [0.2, 0.25) is 0 Å². The Labute approximate surface area is 125 Å². The van der Waals surface area contributed by atoms with Gasteiger partial charge in [-0.25, -0.2) is 0 Å². The number of pyridine rings is 1. The molecule has 0 radical (unpaired) electrons. The smallest absolute Gasteiger partial charge is 0.254 e. The van der Waals surface area contributed by atoms with Gasteiger partial charge in [-0.2, -0.15) is 0 Å². The van der Waals surface area contributed by atoms with E-state index in [0.29, 0.717) is 17.1 Å². The average molecular weight is 340 g/mol. The molecule has 5 heteroatoms. The third-order valence-electron chi connectivity index (χ3n) is 2.64. The van der Waals surface area contributed by atoms with Crippen LogP contribution < -0.4 is 0 Å². The fraction of sp³-hybridized carbons (Fsp3) is 0.143. The summed E-state index contributed by atoms with van der Waals surface area (Å²) in [6.07, 6.45) is 1.71. The minimum atomic E-state index is -0.0833. The second kappa shape index (κ2) is 6.17. The van der Waals surface area contributed by atoms with Crippen LogP contribution >= 0.6 is 27.5 Å². The molecule has 0 fully saturated rings. The molecule has 0 unspecified atom stereocenters. The number of carbonyl (C=O) groups excluding carboxylic acids is 1. The summed E-state index contributed by atoms with van der Waals surface area (Å²) in [5.74, 6) is -0.0833. The van der Waals surface area contributed by atoms with E-state index in [0.717, 1.165) is 10.2 Å². The first-order valence-corrected chi connectivity index (χ1v) is 6.85. The number of amides is 1. The van der Waals surface area contributed by atoms with Crippen molar-refractivity contribution in [3.05, 3.63) is 63.3 Å². The highest BCUT2D eigenvalue weighted by molar-refractivity contribution is 9.10. The number of hydrogen-bond donors (Lipinski definition) is 0. The Kier molecular flexibility index (Phi) is 4.56. The molecule has 0 aliphatic heterocycles. The normalized spacial score (nSPS) is 10.3. The monoisotopic (exact) mass is 338 g/mol. The molecule has 1 heterocycles. The van der Waals surface area contributed by atoms with E-state index in [1.807, 2.05) is 18.2 Å². The van der Waals surface area contributed by atoms with Gasteiger partial charge in [0.15, 0.2) is 0 Å². The van der Waals surface area contributed by atoms with Gasteiger partial charge in [-0.05, 0) is 46.3 Å². The number of aromatic nitrogens is 1. The third-order valence-corrected chi connectivity index (χ3v) is 3.87. The minimum Gasteiger partial charge on any atom is -0.336 e. The zero-order valence-corrected chi connectivity index (χ0v) is 12.6. The predicted octanol–water partition coefficient (Wildman–Crippen LogP) is 3.77. The van der Waals surface area contributed by atoms with Gasteiger partial charge in [-0.15, -0.1) is 0 Å². The maximum absolute atomic E-state index is 12.2. The second-order valence-corrected chi connectivity index (χ2v) is 5.37. The molecule has 0 N–H and O–H groups in total. The summed E-state index contributed by atoms with van der Waals surface area (Å²) in [7, 11) is 1.74. The number of benzene rings is 1. The summed E-state index contributed by atoms with van der Waals surface area (Å²) in [5.41, 5.74) is 1.41. The van der Waals surface area contributed by atoms with Crippen LogP contribution in [-0.4, -0.2) is 22.8 Å². The number of carbonyl (C=O) groups is 1. The highest BCUT2D eigenvalue weighted by atomic mass is 79.9. The maximum Gasteiger partial charge on any atom is 0.254 e. The van der Waals surface area contributed by atoms with Crippen molar-refractivity contribution in [2.45, 2.75) is 6.54 Å². The topological polar surface area (TPSA) is 33.2 Å². The van der Waals surface area contributed by atoms with Gasteiger partial charge in [-0.3, -0.25) is 9.78 Å². The van der Waals surface area contributed by atoms with E-state index in [-0.39, 0.29) is 5.91 Å². The van der Waals surface area contributed by atoms with Crippen molar-refractivity contribution in [1.82, 2.24) is 9.88 Å². The van der Waals surface area contributed by atoms with E-state index < -0.39 is 0 Å². The van der Waals surface area contributed by atoms with Crippen LogP contribution in [0.25, 0.3) is 0 Å². The summed E-state index contributed by atoms with van der Waals surface area (Å²) >= 11 is 9.30. The lowest BCUT2D eigenvalue weighted by molar-refractivity contribution is 0.0783. The largest absolute Gasteiger partial charge is 0.336 e. The molecule has 0 saturated carbocycles. The van der Waals surface area contributed by atoms with Gasteiger partial charge >= 0.3 is 0 Å². The number of halogens is 2. The third kappa shape index (κ3) is 3.55. The Hall–Kier alpha value is -1.39. The lowest BCUT2D eigenvalue weighted by atomic mass is 10.2. The van der Waals surface area contributed by atoms with Gasteiger partial charge in [0.25, 0.3) is 5.91 Å². The van der Waals surface area contributed by atoms with Gasteiger partial charge in [0, 0.05) is 23.3 Å². The van der Waals surface area contributed by atoms with Gasteiger partial charge < -0.3 is 4.90 Å². The molecule has 3 nitrogen and oxygen atoms in total.